The number of halogens is 2. The van der Waals surface area contributed by atoms with Crippen molar-refractivity contribution in [2.24, 2.45) is 11.7 Å². The van der Waals surface area contributed by atoms with Gasteiger partial charge in [0.25, 0.3) is 0 Å². The van der Waals surface area contributed by atoms with Crippen molar-refractivity contribution in [3.8, 4) is 0 Å². The zero-order valence-corrected chi connectivity index (χ0v) is 13.9. The number of amides is 1. The predicted molar refractivity (Wildman–Crippen MR) is 87.2 cm³/mol. The van der Waals surface area contributed by atoms with Crippen LogP contribution in [0.4, 0.5) is 0 Å². The maximum Gasteiger partial charge on any atom is 0.239 e. The number of hydrogen-bond donors (Lipinski definition) is 1. The van der Waals surface area contributed by atoms with Gasteiger partial charge in [-0.25, -0.2) is 0 Å². The van der Waals surface area contributed by atoms with Crippen molar-refractivity contribution in [2.45, 2.75) is 39.8 Å². The molecule has 1 aromatic carbocycles. The molecule has 2 N–H and O–H groups in total. The Bertz CT molecular complexity index is 424. The van der Waals surface area contributed by atoms with Crippen molar-refractivity contribution in [3.05, 3.63) is 34.9 Å². The first kappa shape index (κ1) is 19.2. The molecule has 0 heterocycles. The standard InChI is InChI=1S/C15H23ClN2O.ClH/c1-4-18(15(19)14(17)8-11(2)3)10-12-6-5-7-13(16)9-12;/h5-7,9,11,14H,4,8,10,17H2,1-3H3;1H/t14-;/m0./s1. The van der Waals surface area contributed by atoms with E-state index in [-0.39, 0.29) is 18.3 Å². The molecular formula is C15H24Cl2N2O. The third-order valence-electron chi connectivity index (χ3n) is 3.00. The van der Waals surface area contributed by atoms with Gasteiger partial charge < -0.3 is 10.6 Å². The van der Waals surface area contributed by atoms with Gasteiger partial charge >= 0.3 is 0 Å². The molecule has 1 rings (SSSR count). The highest BCUT2D eigenvalue weighted by Crippen LogP contribution is 2.14. The average molecular weight is 319 g/mol. The lowest BCUT2D eigenvalue weighted by molar-refractivity contribution is -0.133. The van der Waals surface area contributed by atoms with Gasteiger partial charge in [0, 0.05) is 18.1 Å². The summed E-state index contributed by atoms with van der Waals surface area (Å²) in [7, 11) is 0. The molecule has 0 aliphatic heterocycles. The SMILES string of the molecule is CCN(Cc1cccc(Cl)c1)C(=O)[C@@H](N)CC(C)C.Cl. The minimum atomic E-state index is -0.417. The van der Waals surface area contributed by atoms with Crippen LogP contribution >= 0.6 is 24.0 Å². The summed E-state index contributed by atoms with van der Waals surface area (Å²) in [6.45, 7) is 7.31. The van der Waals surface area contributed by atoms with Crippen LogP contribution in [0.3, 0.4) is 0 Å². The van der Waals surface area contributed by atoms with E-state index in [2.05, 4.69) is 13.8 Å². The molecule has 0 bridgehead atoms. The molecule has 0 aliphatic rings. The van der Waals surface area contributed by atoms with Gasteiger partial charge in [0.05, 0.1) is 6.04 Å². The summed E-state index contributed by atoms with van der Waals surface area (Å²) in [6.07, 6.45) is 0.713. The van der Waals surface area contributed by atoms with Gasteiger partial charge in [-0.05, 0) is 37.0 Å². The van der Waals surface area contributed by atoms with E-state index in [1.165, 1.54) is 0 Å². The Balaban J connectivity index is 0.00000361. The van der Waals surface area contributed by atoms with Gasteiger partial charge in [0.15, 0.2) is 0 Å². The van der Waals surface area contributed by atoms with Gasteiger partial charge in [-0.15, -0.1) is 12.4 Å². The summed E-state index contributed by atoms with van der Waals surface area (Å²) in [5.74, 6) is 0.431. The summed E-state index contributed by atoms with van der Waals surface area (Å²) in [4.78, 5) is 14.0. The van der Waals surface area contributed by atoms with Crippen LogP contribution in [-0.2, 0) is 11.3 Å². The maximum absolute atomic E-state index is 12.3. The lowest BCUT2D eigenvalue weighted by Gasteiger charge is -2.25. The van der Waals surface area contributed by atoms with E-state index in [1.807, 2.05) is 31.2 Å². The first-order chi connectivity index (χ1) is 8.93. The lowest BCUT2D eigenvalue weighted by atomic mass is 10.0. The highest BCUT2D eigenvalue weighted by Gasteiger charge is 2.20. The monoisotopic (exact) mass is 318 g/mol. The number of carbonyl (C=O) groups excluding carboxylic acids is 1. The molecule has 0 unspecified atom stereocenters. The third-order valence-corrected chi connectivity index (χ3v) is 3.23. The van der Waals surface area contributed by atoms with Crippen LogP contribution in [0.5, 0.6) is 0 Å². The van der Waals surface area contributed by atoms with Gasteiger partial charge in [0.2, 0.25) is 5.91 Å². The van der Waals surface area contributed by atoms with E-state index in [9.17, 15) is 4.79 Å². The summed E-state index contributed by atoms with van der Waals surface area (Å²) in [6, 6.07) is 7.15. The fraction of sp³-hybridized carbons (Fsp3) is 0.533. The second-order valence-corrected chi connectivity index (χ2v) is 5.65. The van der Waals surface area contributed by atoms with Crippen molar-refractivity contribution in [1.82, 2.24) is 4.90 Å². The Hall–Kier alpha value is -0.770. The average Bonchev–Trinajstić information content (AvgIpc) is 2.34. The topological polar surface area (TPSA) is 46.3 Å². The molecule has 0 aliphatic carbocycles. The van der Waals surface area contributed by atoms with E-state index < -0.39 is 6.04 Å². The zero-order valence-electron chi connectivity index (χ0n) is 12.3. The van der Waals surface area contributed by atoms with Crippen LogP contribution in [0, 0.1) is 5.92 Å². The number of carbonyl (C=O) groups is 1. The number of nitrogens with two attached hydrogens (primary N) is 1. The second kappa shape index (κ2) is 9.22. The van der Waals surface area contributed by atoms with Gasteiger partial charge in [-0.3, -0.25) is 4.79 Å². The maximum atomic E-state index is 12.3. The van der Waals surface area contributed by atoms with Crippen LogP contribution in [0.15, 0.2) is 24.3 Å². The first-order valence-corrected chi connectivity index (χ1v) is 7.10. The van der Waals surface area contributed by atoms with Gasteiger partial charge in [0.1, 0.15) is 0 Å². The predicted octanol–water partition coefficient (Wildman–Crippen LogP) is 3.48. The summed E-state index contributed by atoms with van der Waals surface area (Å²) >= 11 is 5.95. The third kappa shape index (κ3) is 6.12. The first-order valence-electron chi connectivity index (χ1n) is 6.72. The molecule has 5 heteroatoms. The van der Waals surface area contributed by atoms with Crippen molar-refractivity contribution >= 4 is 29.9 Å². The molecule has 0 saturated carbocycles. The molecule has 0 saturated heterocycles. The van der Waals surface area contributed by atoms with E-state index in [0.29, 0.717) is 30.5 Å². The van der Waals surface area contributed by atoms with Crippen LogP contribution in [0.1, 0.15) is 32.8 Å². The molecule has 114 valence electrons. The number of benzene rings is 1. The zero-order chi connectivity index (χ0) is 14.4. The Morgan fingerprint density at radius 2 is 2.05 bits per heavy atom. The minimum absolute atomic E-state index is 0. The van der Waals surface area contributed by atoms with Crippen molar-refractivity contribution < 1.29 is 4.79 Å². The lowest BCUT2D eigenvalue weighted by Crippen LogP contribution is -2.43. The van der Waals surface area contributed by atoms with Crippen LogP contribution in [-0.4, -0.2) is 23.4 Å². The summed E-state index contributed by atoms with van der Waals surface area (Å²) in [5.41, 5.74) is 6.99. The fourth-order valence-electron chi connectivity index (χ4n) is 2.04. The summed E-state index contributed by atoms with van der Waals surface area (Å²) < 4.78 is 0. The second-order valence-electron chi connectivity index (χ2n) is 5.22. The smallest absolute Gasteiger partial charge is 0.239 e. The number of rotatable bonds is 6. The molecule has 0 fully saturated rings. The van der Waals surface area contributed by atoms with Crippen molar-refractivity contribution in [2.75, 3.05) is 6.54 Å². The Morgan fingerprint density at radius 1 is 1.40 bits per heavy atom. The van der Waals surface area contributed by atoms with E-state index in [1.54, 1.807) is 4.90 Å². The van der Waals surface area contributed by atoms with Crippen LogP contribution < -0.4 is 5.73 Å². The molecular weight excluding hydrogens is 295 g/mol. The molecule has 0 aromatic heterocycles. The minimum Gasteiger partial charge on any atom is -0.337 e. The Kier molecular flexibility index (Phi) is 8.86. The molecule has 0 radical (unpaired) electrons. The highest BCUT2D eigenvalue weighted by molar-refractivity contribution is 6.30. The van der Waals surface area contributed by atoms with Crippen molar-refractivity contribution in [1.29, 1.82) is 0 Å². The van der Waals surface area contributed by atoms with Gasteiger partial charge in [-0.1, -0.05) is 37.6 Å². The fourth-order valence-corrected chi connectivity index (χ4v) is 2.26. The molecule has 20 heavy (non-hydrogen) atoms. The highest BCUT2D eigenvalue weighted by atomic mass is 35.5. The number of likely N-dealkylation sites (N-methyl/N-ethyl adjacent to an activating group) is 1. The number of hydrogen-bond acceptors (Lipinski definition) is 2. The van der Waals surface area contributed by atoms with Gasteiger partial charge in [-0.2, -0.15) is 0 Å². The quantitative estimate of drug-likeness (QED) is 0.872. The van der Waals surface area contributed by atoms with Crippen LogP contribution in [0.25, 0.3) is 0 Å². The molecule has 3 nitrogen and oxygen atoms in total. The Morgan fingerprint density at radius 3 is 2.55 bits per heavy atom. The normalized spacial score (nSPS) is 11.9. The van der Waals surface area contributed by atoms with Crippen molar-refractivity contribution in [3.63, 3.8) is 0 Å². The Labute approximate surface area is 132 Å². The van der Waals surface area contributed by atoms with E-state index >= 15 is 0 Å². The largest absolute Gasteiger partial charge is 0.337 e. The summed E-state index contributed by atoms with van der Waals surface area (Å²) in [5, 5.41) is 0.687. The molecule has 0 spiro atoms. The van der Waals surface area contributed by atoms with E-state index in [0.717, 1.165) is 5.56 Å². The molecule has 1 aromatic rings. The molecule has 1 atom stereocenters. The molecule has 1 amide bonds. The number of nitrogens with zero attached hydrogens (tertiary/aromatic N) is 1. The van der Waals surface area contributed by atoms with E-state index in [4.69, 9.17) is 17.3 Å². The van der Waals surface area contributed by atoms with Crippen LogP contribution in [0.2, 0.25) is 5.02 Å².